The summed E-state index contributed by atoms with van der Waals surface area (Å²) in [4.78, 5) is 22.9. The Balaban J connectivity index is 1.61. The first-order chi connectivity index (χ1) is 9.11. The third kappa shape index (κ3) is 2.49. The lowest BCUT2D eigenvalue weighted by atomic mass is 9.95. The van der Waals surface area contributed by atoms with Gasteiger partial charge in [-0.1, -0.05) is 0 Å². The predicted molar refractivity (Wildman–Crippen MR) is 68.8 cm³/mol. The number of carbonyl (C=O) groups excluding carboxylic acids is 2. The first-order valence-electron chi connectivity index (χ1n) is 6.56. The topological polar surface area (TPSA) is 83.4 Å². The van der Waals surface area contributed by atoms with Crippen molar-refractivity contribution in [2.24, 2.45) is 0 Å². The maximum absolute atomic E-state index is 12.0. The highest BCUT2D eigenvalue weighted by Gasteiger charge is 2.39. The fourth-order valence-electron chi connectivity index (χ4n) is 2.92. The number of rotatable bonds is 3. The molecule has 0 radical (unpaired) electrons. The van der Waals surface area contributed by atoms with Crippen LogP contribution in [-0.4, -0.2) is 29.9 Å². The average molecular weight is 263 g/mol. The SMILES string of the molecule is CC(=O)Nc1ccc(C(=O)NC2CC3CCC2N3)o1. The van der Waals surface area contributed by atoms with E-state index in [9.17, 15) is 9.59 Å². The number of carbonyl (C=O) groups is 2. The Morgan fingerprint density at radius 1 is 1.37 bits per heavy atom. The summed E-state index contributed by atoms with van der Waals surface area (Å²) in [6.07, 6.45) is 3.30. The molecule has 6 nitrogen and oxygen atoms in total. The van der Waals surface area contributed by atoms with Crippen LogP contribution in [0, 0.1) is 0 Å². The quantitative estimate of drug-likeness (QED) is 0.755. The summed E-state index contributed by atoms with van der Waals surface area (Å²) in [5.74, 6) is 0.0739. The Morgan fingerprint density at radius 3 is 2.84 bits per heavy atom. The molecule has 2 fully saturated rings. The molecule has 2 saturated heterocycles. The lowest BCUT2D eigenvalue weighted by Gasteiger charge is -2.20. The highest BCUT2D eigenvalue weighted by molar-refractivity contribution is 5.93. The van der Waals surface area contributed by atoms with Crippen molar-refractivity contribution in [3.05, 3.63) is 17.9 Å². The zero-order valence-corrected chi connectivity index (χ0v) is 10.7. The van der Waals surface area contributed by atoms with Gasteiger partial charge in [-0.2, -0.15) is 0 Å². The molecule has 2 bridgehead atoms. The van der Waals surface area contributed by atoms with Crippen molar-refractivity contribution < 1.29 is 14.0 Å². The molecule has 6 heteroatoms. The monoisotopic (exact) mass is 263 g/mol. The number of anilines is 1. The van der Waals surface area contributed by atoms with Crippen LogP contribution in [0.15, 0.2) is 16.5 Å². The van der Waals surface area contributed by atoms with Crippen LogP contribution < -0.4 is 16.0 Å². The molecule has 2 aliphatic rings. The average Bonchev–Trinajstić information content (AvgIpc) is 3.03. The zero-order valence-electron chi connectivity index (χ0n) is 10.7. The van der Waals surface area contributed by atoms with Crippen LogP contribution in [0.1, 0.15) is 36.7 Å². The van der Waals surface area contributed by atoms with Gasteiger partial charge >= 0.3 is 0 Å². The Labute approximate surface area is 110 Å². The molecule has 0 saturated carbocycles. The fourth-order valence-corrected chi connectivity index (χ4v) is 2.92. The minimum Gasteiger partial charge on any atom is -0.435 e. The summed E-state index contributed by atoms with van der Waals surface area (Å²) in [6, 6.07) is 4.26. The second-order valence-electron chi connectivity index (χ2n) is 5.21. The predicted octanol–water partition coefficient (Wildman–Crippen LogP) is 0.861. The van der Waals surface area contributed by atoms with Gasteiger partial charge in [-0.25, -0.2) is 0 Å². The second kappa shape index (κ2) is 4.70. The molecule has 102 valence electrons. The molecule has 3 N–H and O–H groups in total. The van der Waals surface area contributed by atoms with E-state index in [1.165, 1.54) is 13.3 Å². The van der Waals surface area contributed by atoms with Crippen molar-refractivity contribution in [1.29, 1.82) is 0 Å². The van der Waals surface area contributed by atoms with Crippen molar-refractivity contribution in [2.45, 2.75) is 44.3 Å². The number of amides is 2. The lowest BCUT2D eigenvalue weighted by Crippen LogP contribution is -2.42. The summed E-state index contributed by atoms with van der Waals surface area (Å²) < 4.78 is 5.28. The van der Waals surface area contributed by atoms with Gasteiger partial charge in [0.05, 0.1) is 0 Å². The first kappa shape index (κ1) is 12.2. The smallest absolute Gasteiger partial charge is 0.287 e. The van der Waals surface area contributed by atoms with E-state index in [4.69, 9.17) is 4.42 Å². The maximum atomic E-state index is 12.0. The normalized spacial score (nSPS) is 28.4. The molecule has 3 atom stereocenters. The van der Waals surface area contributed by atoms with Gasteiger partial charge < -0.3 is 15.1 Å². The number of furan rings is 1. The molecule has 2 aliphatic heterocycles. The van der Waals surface area contributed by atoms with Crippen LogP contribution in [0.25, 0.3) is 0 Å². The summed E-state index contributed by atoms with van der Waals surface area (Å²) in [5, 5.41) is 8.95. The molecular formula is C13H17N3O3. The van der Waals surface area contributed by atoms with Crippen LogP contribution in [-0.2, 0) is 4.79 Å². The van der Waals surface area contributed by atoms with Crippen molar-refractivity contribution in [2.75, 3.05) is 5.32 Å². The Bertz CT molecular complexity index is 511. The molecule has 3 rings (SSSR count). The van der Waals surface area contributed by atoms with E-state index in [1.807, 2.05) is 0 Å². The Hall–Kier alpha value is -1.82. The maximum Gasteiger partial charge on any atom is 0.287 e. The standard InChI is InChI=1S/C13H17N3O3/c1-7(17)14-12-5-4-11(19-12)13(18)16-10-6-8-2-3-9(10)15-8/h4-5,8-10,15H,2-3,6H2,1H3,(H,14,17)(H,16,18). The number of nitrogens with one attached hydrogen (secondary N) is 3. The highest BCUT2D eigenvalue weighted by Crippen LogP contribution is 2.28. The lowest BCUT2D eigenvalue weighted by molar-refractivity contribution is -0.114. The van der Waals surface area contributed by atoms with Crippen molar-refractivity contribution in [3.63, 3.8) is 0 Å². The molecule has 3 heterocycles. The van der Waals surface area contributed by atoms with E-state index in [0.717, 1.165) is 12.8 Å². The zero-order chi connectivity index (χ0) is 13.4. The van der Waals surface area contributed by atoms with E-state index in [1.54, 1.807) is 12.1 Å². The van der Waals surface area contributed by atoms with Crippen LogP contribution in [0.3, 0.4) is 0 Å². The van der Waals surface area contributed by atoms with Crippen LogP contribution >= 0.6 is 0 Å². The van der Waals surface area contributed by atoms with Gasteiger partial charge in [0.15, 0.2) is 11.6 Å². The van der Waals surface area contributed by atoms with E-state index in [0.29, 0.717) is 18.0 Å². The van der Waals surface area contributed by atoms with Gasteiger partial charge in [0.2, 0.25) is 5.91 Å². The molecule has 3 unspecified atom stereocenters. The van der Waals surface area contributed by atoms with Gasteiger partial charge in [-0.05, 0) is 25.3 Å². The third-order valence-electron chi connectivity index (χ3n) is 3.75. The van der Waals surface area contributed by atoms with E-state index >= 15 is 0 Å². The Morgan fingerprint density at radius 2 is 2.21 bits per heavy atom. The van der Waals surface area contributed by atoms with E-state index in [2.05, 4.69) is 16.0 Å². The molecule has 0 spiro atoms. The summed E-state index contributed by atoms with van der Waals surface area (Å²) >= 11 is 0. The van der Waals surface area contributed by atoms with Gasteiger partial charge in [-0.3, -0.25) is 14.9 Å². The highest BCUT2D eigenvalue weighted by atomic mass is 16.4. The molecule has 19 heavy (non-hydrogen) atoms. The summed E-state index contributed by atoms with van der Waals surface area (Å²) in [5.41, 5.74) is 0. The van der Waals surface area contributed by atoms with Gasteiger partial charge in [0.25, 0.3) is 5.91 Å². The molecule has 1 aromatic heterocycles. The third-order valence-corrected chi connectivity index (χ3v) is 3.75. The molecule has 0 aromatic carbocycles. The second-order valence-corrected chi connectivity index (χ2v) is 5.21. The van der Waals surface area contributed by atoms with Crippen LogP contribution in [0.2, 0.25) is 0 Å². The fraction of sp³-hybridized carbons (Fsp3) is 0.538. The van der Waals surface area contributed by atoms with E-state index in [-0.39, 0.29) is 23.6 Å². The minimum atomic E-state index is -0.226. The van der Waals surface area contributed by atoms with Crippen LogP contribution in [0.5, 0.6) is 0 Å². The molecule has 2 amide bonds. The Kier molecular flexibility index (Phi) is 3.02. The van der Waals surface area contributed by atoms with Crippen molar-refractivity contribution in [3.8, 4) is 0 Å². The molecule has 1 aromatic rings. The van der Waals surface area contributed by atoms with E-state index < -0.39 is 0 Å². The largest absolute Gasteiger partial charge is 0.435 e. The summed E-state index contributed by atoms with van der Waals surface area (Å²) in [6.45, 7) is 1.39. The first-order valence-corrected chi connectivity index (χ1v) is 6.56. The van der Waals surface area contributed by atoms with Gasteiger partial charge in [0, 0.05) is 31.1 Å². The summed E-state index contributed by atoms with van der Waals surface area (Å²) in [7, 11) is 0. The van der Waals surface area contributed by atoms with Crippen molar-refractivity contribution in [1.82, 2.24) is 10.6 Å². The minimum absolute atomic E-state index is 0.181. The molecule has 0 aliphatic carbocycles. The molecular weight excluding hydrogens is 246 g/mol. The number of hydrogen-bond acceptors (Lipinski definition) is 4. The van der Waals surface area contributed by atoms with Crippen molar-refractivity contribution >= 4 is 17.7 Å². The van der Waals surface area contributed by atoms with Crippen LogP contribution in [0.4, 0.5) is 5.88 Å². The number of hydrogen-bond donors (Lipinski definition) is 3. The van der Waals surface area contributed by atoms with Gasteiger partial charge in [0.1, 0.15) is 0 Å². The number of fused-ring (bicyclic) bond motifs is 2. The van der Waals surface area contributed by atoms with Gasteiger partial charge in [-0.15, -0.1) is 0 Å².